The third-order valence-electron chi connectivity index (χ3n) is 2.45. The van der Waals surface area contributed by atoms with Crippen LogP contribution >= 0.6 is 11.6 Å². The first-order chi connectivity index (χ1) is 9.49. The van der Waals surface area contributed by atoms with E-state index in [0.29, 0.717) is 5.82 Å². The van der Waals surface area contributed by atoms with Gasteiger partial charge in [0.2, 0.25) is 5.82 Å². The fourth-order valence-electron chi connectivity index (χ4n) is 1.59. The molecular formula is C12H10ClFN4O2. The molecule has 0 aliphatic rings. The Morgan fingerprint density at radius 1 is 1.35 bits per heavy atom. The fraction of sp³-hybridized carbons (Fsp3) is 0.0833. The number of hydrogen-bond donors (Lipinski definition) is 2. The molecule has 0 saturated heterocycles. The summed E-state index contributed by atoms with van der Waals surface area (Å²) in [6.07, 6.45) is 0. The second kappa shape index (κ2) is 5.70. The highest BCUT2D eigenvalue weighted by Gasteiger charge is 2.16. The number of nitrogens with one attached hydrogen (secondary N) is 2. The summed E-state index contributed by atoms with van der Waals surface area (Å²) in [6, 6.07) is 6.54. The van der Waals surface area contributed by atoms with Gasteiger partial charge in [-0.2, -0.15) is 0 Å². The summed E-state index contributed by atoms with van der Waals surface area (Å²) in [5.41, 5.74) is 0.0586. The lowest BCUT2D eigenvalue weighted by atomic mass is 10.3. The van der Waals surface area contributed by atoms with Crippen LogP contribution in [0.4, 0.5) is 27.4 Å². The quantitative estimate of drug-likeness (QED) is 0.666. The summed E-state index contributed by atoms with van der Waals surface area (Å²) in [4.78, 5) is 14.4. The lowest BCUT2D eigenvalue weighted by Gasteiger charge is -2.08. The molecule has 0 fully saturated rings. The van der Waals surface area contributed by atoms with Crippen LogP contribution in [0.2, 0.25) is 5.02 Å². The number of rotatable bonds is 4. The maximum Gasteiger partial charge on any atom is 0.311 e. The minimum Gasteiger partial charge on any atom is -0.373 e. The van der Waals surface area contributed by atoms with E-state index in [0.717, 1.165) is 6.07 Å². The topological polar surface area (TPSA) is 80.1 Å². The molecule has 0 aliphatic heterocycles. The van der Waals surface area contributed by atoms with Gasteiger partial charge in [0, 0.05) is 23.8 Å². The Morgan fingerprint density at radius 3 is 2.70 bits per heavy atom. The molecule has 2 aromatic rings. The molecule has 2 N–H and O–H groups in total. The third kappa shape index (κ3) is 3.12. The predicted molar refractivity (Wildman–Crippen MR) is 75.1 cm³/mol. The first-order valence-corrected chi connectivity index (χ1v) is 5.93. The van der Waals surface area contributed by atoms with E-state index in [4.69, 9.17) is 11.6 Å². The molecule has 0 saturated carbocycles. The molecule has 8 heteroatoms. The smallest absolute Gasteiger partial charge is 0.311 e. The van der Waals surface area contributed by atoms with Gasteiger partial charge in [0.15, 0.2) is 0 Å². The Balaban J connectivity index is 2.42. The van der Waals surface area contributed by atoms with Crippen LogP contribution in [0.15, 0.2) is 30.3 Å². The van der Waals surface area contributed by atoms with Gasteiger partial charge in [0.1, 0.15) is 11.6 Å². The van der Waals surface area contributed by atoms with Gasteiger partial charge in [-0.1, -0.05) is 11.6 Å². The van der Waals surface area contributed by atoms with Gasteiger partial charge >= 0.3 is 5.69 Å². The van der Waals surface area contributed by atoms with E-state index < -0.39 is 10.7 Å². The summed E-state index contributed by atoms with van der Waals surface area (Å²) in [5.74, 6) is -0.100. The lowest BCUT2D eigenvalue weighted by molar-refractivity contribution is -0.384. The van der Waals surface area contributed by atoms with Crippen LogP contribution in [0.3, 0.4) is 0 Å². The number of pyridine rings is 1. The standard InChI is InChI=1S/C12H10ClFN4O2/c1-15-11-3-2-10(18(19)20)12(17-11)16-9-5-7(13)4-8(14)6-9/h2-6H,1H3,(H2,15,16,17). The summed E-state index contributed by atoms with van der Waals surface area (Å²) in [7, 11) is 1.64. The van der Waals surface area contributed by atoms with Gasteiger partial charge in [-0.3, -0.25) is 10.1 Å². The number of benzene rings is 1. The summed E-state index contributed by atoms with van der Waals surface area (Å²) >= 11 is 5.73. The second-order valence-electron chi connectivity index (χ2n) is 3.85. The van der Waals surface area contributed by atoms with Crippen LogP contribution in [0.25, 0.3) is 0 Å². The first-order valence-electron chi connectivity index (χ1n) is 5.56. The van der Waals surface area contributed by atoms with Gasteiger partial charge < -0.3 is 10.6 Å². The molecule has 104 valence electrons. The molecule has 0 unspecified atom stereocenters. The molecule has 20 heavy (non-hydrogen) atoms. The van der Waals surface area contributed by atoms with Crippen molar-refractivity contribution in [3.63, 3.8) is 0 Å². The molecule has 0 amide bonds. The molecule has 0 atom stereocenters. The third-order valence-corrected chi connectivity index (χ3v) is 2.67. The van der Waals surface area contributed by atoms with Crippen LogP contribution in [-0.2, 0) is 0 Å². The van der Waals surface area contributed by atoms with E-state index in [1.807, 2.05) is 0 Å². The Labute approximate surface area is 118 Å². The number of halogens is 2. The van der Waals surface area contributed by atoms with Crippen molar-refractivity contribution in [1.82, 2.24) is 4.98 Å². The number of nitrogens with zero attached hydrogens (tertiary/aromatic N) is 2. The summed E-state index contributed by atoms with van der Waals surface area (Å²) in [6.45, 7) is 0. The van der Waals surface area contributed by atoms with Crippen LogP contribution in [0, 0.1) is 15.9 Å². The second-order valence-corrected chi connectivity index (χ2v) is 4.29. The Hall–Kier alpha value is -2.41. The van der Waals surface area contributed by atoms with Gasteiger partial charge in [0.25, 0.3) is 0 Å². The molecule has 6 nitrogen and oxygen atoms in total. The molecule has 2 rings (SSSR count). The molecule has 0 bridgehead atoms. The van der Waals surface area contributed by atoms with Gasteiger partial charge in [0.05, 0.1) is 4.92 Å². The maximum absolute atomic E-state index is 13.2. The van der Waals surface area contributed by atoms with Crippen LogP contribution in [0.1, 0.15) is 0 Å². The normalized spacial score (nSPS) is 10.2. The minimum atomic E-state index is -0.574. The molecule has 1 aromatic carbocycles. The van der Waals surface area contributed by atoms with Crippen molar-refractivity contribution in [3.05, 3.63) is 51.3 Å². The number of aromatic nitrogens is 1. The van der Waals surface area contributed by atoms with E-state index in [-0.39, 0.29) is 22.2 Å². The van der Waals surface area contributed by atoms with E-state index in [1.54, 1.807) is 7.05 Å². The van der Waals surface area contributed by atoms with E-state index in [2.05, 4.69) is 15.6 Å². The van der Waals surface area contributed by atoms with Gasteiger partial charge in [-0.15, -0.1) is 0 Å². The molecule has 0 radical (unpaired) electrons. The van der Waals surface area contributed by atoms with Crippen molar-refractivity contribution >= 4 is 34.6 Å². The monoisotopic (exact) mass is 296 g/mol. The van der Waals surface area contributed by atoms with Crippen molar-refractivity contribution in [2.24, 2.45) is 0 Å². The Kier molecular flexibility index (Phi) is 3.99. The van der Waals surface area contributed by atoms with Crippen molar-refractivity contribution in [2.75, 3.05) is 17.7 Å². The predicted octanol–water partition coefficient (Wildman–Crippen LogP) is 3.57. The Bertz CT molecular complexity index is 646. The number of nitro groups is 1. The van der Waals surface area contributed by atoms with E-state index in [9.17, 15) is 14.5 Å². The molecule has 0 spiro atoms. The zero-order chi connectivity index (χ0) is 14.7. The zero-order valence-corrected chi connectivity index (χ0v) is 11.1. The average Bonchev–Trinajstić information content (AvgIpc) is 2.37. The lowest BCUT2D eigenvalue weighted by Crippen LogP contribution is -2.02. The van der Waals surface area contributed by atoms with Crippen molar-refractivity contribution in [3.8, 4) is 0 Å². The van der Waals surface area contributed by atoms with Crippen molar-refractivity contribution in [2.45, 2.75) is 0 Å². The molecular weight excluding hydrogens is 287 g/mol. The van der Waals surface area contributed by atoms with E-state index >= 15 is 0 Å². The Morgan fingerprint density at radius 2 is 2.10 bits per heavy atom. The summed E-state index contributed by atoms with van der Waals surface area (Å²) in [5, 5.41) is 16.6. The minimum absolute atomic E-state index is 0.00326. The SMILES string of the molecule is CNc1ccc([N+](=O)[O-])c(Nc2cc(F)cc(Cl)c2)n1. The average molecular weight is 297 g/mol. The number of anilines is 3. The fourth-order valence-corrected chi connectivity index (χ4v) is 1.81. The first kappa shape index (κ1) is 14.0. The molecule has 1 aromatic heterocycles. The van der Waals surface area contributed by atoms with Gasteiger partial charge in [-0.25, -0.2) is 9.37 Å². The van der Waals surface area contributed by atoms with Crippen LogP contribution in [0.5, 0.6) is 0 Å². The van der Waals surface area contributed by atoms with Crippen LogP contribution in [-0.4, -0.2) is 17.0 Å². The van der Waals surface area contributed by atoms with Crippen molar-refractivity contribution < 1.29 is 9.31 Å². The molecule has 1 heterocycles. The van der Waals surface area contributed by atoms with Gasteiger partial charge in [-0.05, 0) is 24.3 Å². The highest BCUT2D eigenvalue weighted by Crippen LogP contribution is 2.28. The number of hydrogen-bond acceptors (Lipinski definition) is 5. The maximum atomic E-state index is 13.2. The zero-order valence-electron chi connectivity index (χ0n) is 10.4. The van der Waals surface area contributed by atoms with Crippen molar-refractivity contribution in [1.29, 1.82) is 0 Å². The van der Waals surface area contributed by atoms with E-state index in [1.165, 1.54) is 24.3 Å². The molecule has 0 aliphatic carbocycles. The van der Waals surface area contributed by atoms with Crippen LogP contribution < -0.4 is 10.6 Å². The highest BCUT2D eigenvalue weighted by molar-refractivity contribution is 6.30. The summed E-state index contributed by atoms with van der Waals surface area (Å²) < 4.78 is 13.2. The largest absolute Gasteiger partial charge is 0.373 e. The highest BCUT2D eigenvalue weighted by atomic mass is 35.5.